The zero-order valence-corrected chi connectivity index (χ0v) is 14.2. The molecule has 2 heterocycles. The van der Waals surface area contributed by atoms with Gasteiger partial charge in [-0.25, -0.2) is 9.97 Å². The second kappa shape index (κ2) is 7.96. The van der Waals surface area contributed by atoms with Crippen LogP contribution in [0.4, 0.5) is 0 Å². The number of benzene rings is 1. The molecule has 0 aliphatic rings. The monoisotopic (exact) mass is 377 g/mol. The van der Waals surface area contributed by atoms with Crippen molar-refractivity contribution in [3.63, 3.8) is 0 Å². The number of halogens is 1. The van der Waals surface area contributed by atoms with E-state index in [1.54, 1.807) is 0 Å². The highest BCUT2D eigenvalue weighted by Gasteiger charge is 2.17. The van der Waals surface area contributed by atoms with Gasteiger partial charge in [-0.3, -0.25) is 0 Å². The van der Waals surface area contributed by atoms with Gasteiger partial charge in [0.2, 0.25) is 0 Å². The standard InChI is InChI=1S/C18H12N5.BrH/c19-11-15-16(12-20)22-18(14-7-3-1-4-8-14)17(21-15)13-23-9-5-2-6-10-23;/h1-10H,13H2;1H/q+1;/p-1. The summed E-state index contributed by atoms with van der Waals surface area (Å²) in [6.45, 7) is 0.471. The van der Waals surface area contributed by atoms with Gasteiger partial charge in [0.1, 0.15) is 17.8 Å². The molecule has 0 atom stereocenters. The predicted octanol–water partition coefficient (Wildman–Crippen LogP) is -0.773. The smallest absolute Gasteiger partial charge is 0.192 e. The zero-order valence-electron chi connectivity index (χ0n) is 12.6. The summed E-state index contributed by atoms with van der Waals surface area (Å²) in [6.07, 6.45) is 3.83. The van der Waals surface area contributed by atoms with Crippen molar-refractivity contribution in [1.29, 1.82) is 10.5 Å². The Hall–Kier alpha value is -3.09. The minimum Gasteiger partial charge on any atom is -1.00 e. The van der Waals surface area contributed by atoms with Gasteiger partial charge < -0.3 is 17.0 Å². The quantitative estimate of drug-likeness (QED) is 0.561. The van der Waals surface area contributed by atoms with E-state index in [0.717, 1.165) is 5.56 Å². The van der Waals surface area contributed by atoms with E-state index in [0.29, 0.717) is 17.9 Å². The maximum atomic E-state index is 9.19. The van der Waals surface area contributed by atoms with Crippen molar-refractivity contribution in [2.45, 2.75) is 6.54 Å². The van der Waals surface area contributed by atoms with E-state index in [-0.39, 0.29) is 28.4 Å². The van der Waals surface area contributed by atoms with Crippen LogP contribution in [0.5, 0.6) is 0 Å². The number of rotatable bonds is 3. The van der Waals surface area contributed by atoms with Crippen molar-refractivity contribution >= 4 is 0 Å². The maximum Gasteiger partial charge on any atom is 0.192 e. The molecule has 0 saturated carbocycles. The maximum absolute atomic E-state index is 9.19. The Morgan fingerprint density at radius 1 is 0.833 bits per heavy atom. The molecular formula is C18H12BrN5. The highest BCUT2D eigenvalue weighted by Crippen LogP contribution is 2.21. The second-order valence-corrected chi connectivity index (χ2v) is 4.85. The Balaban J connectivity index is 0.00000208. The third-order valence-corrected chi connectivity index (χ3v) is 3.34. The lowest BCUT2D eigenvalue weighted by molar-refractivity contribution is -0.688. The molecule has 0 unspecified atom stereocenters. The Morgan fingerprint density at radius 3 is 2.04 bits per heavy atom. The fourth-order valence-corrected chi connectivity index (χ4v) is 2.28. The van der Waals surface area contributed by atoms with Crippen molar-refractivity contribution in [3.05, 3.63) is 78.0 Å². The molecule has 0 fully saturated rings. The van der Waals surface area contributed by atoms with E-state index < -0.39 is 0 Å². The summed E-state index contributed by atoms with van der Waals surface area (Å²) in [7, 11) is 0. The van der Waals surface area contributed by atoms with Crippen LogP contribution in [0.2, 0.25) is 0 Å². The third kappa shape index (κ3) is 3.62. The molecule has 0 amide bonds. The summed E-state index contributed by atoms with van der Waals surface area (Å²) in [5.41, 5.74) is 2.25. The summed E-state index contributed by atoms with van der Waals surface area (Å²) >= 11 is 0. The normalized spacial score (nSPS) is 9.42. The van der Waals surface area contributed by atoms with Gasteiger partial charge in [-0.05, 0) is 0 Å². The first-order valence-corrected chi connectivity index (χ1v) is 7.02. The minimum atomic E-state index is 0. The van der Waals surface area contributed by atoms with Crippen LogP contribution in [0.1, 0.15) is 17.1 Å². The van der Waals surface area contributed by atoms with E-state index in [2.05, 4.69) is 9.97 Å². The molecule has 0 radical (unpaired) electrons. The Morgan fingerprint density at radius 2 is 1.42 bits per heavy atom. The summed E-state index contributed by atoms with van der Waals surface area (Å²) in [4.78, 5) is 8.74. The van der Waals surface area contributed by atoms with Crippen molar-refractivity contribution < 1.29 is 21.5 Å². The SMILES string of the molecule is N#Cc1nc(C[n+]2ccccc2)c(-c2ccccc2)nc1C#N.[Br-]. The van der Waals surface area contributed by atoms with Crippen LogP contribution in [-0.2, 0) is 6.54 Å². The van der Waals surface area contributed by atoms with Gasteiger partial charge in [0, 0.05) is 17.7 Å². The van der Waals surface area contributed by atoms with E-state index in [4.69, 9.17) is 0 Å². The molecule has 2 aromatic heterocycles. The van der Waals surface area contributed by atoms with E-state index in [1.165, 1.54) is 0 Å². The highest BCUT2D eigenvalue weighted by atomic mass is 79.9. The molecule has 6 heteroatoms. The van der Waals surface area contributed by atoms with E-state index in [9.17, 15) is 10.5 Å². The lowest BCUT2D eigenvalue weighted by Gasteiger charge is -2.07. The molecule has 24 heavy (non-hydrogen) atoms. The topological polar surface area (TPSA) is 77.2 Å². The van der Waals surface area contributed by atoms with Crippen molar-refractivity contribution in [2.75, 3.05) is 0 Å². The molecule has 3 rings (SSSR count). The fraction of sp³-hybridized carbons (Fsp3) is 0.0556. The molecule has 0 saturated heterocycles. The second-order valence-electron chi connectivity index (χ2n) is 4.85. The fourth-order valence-electron chi connectivity index (χ4n) is 2.28. The third-order valence-electron chi connectivity index (χ3n) is 3.34. The average Bonchev–Trinajstić information content (AvgIpc) is 2.63. The minimum absolute atomic E-state index is 0. The number of nitriles is 2. The Labute approximate surface area is 150 Å². The lowest BCUT2D eigenvalue weighted by Crippen LogP contribution is -3.00. The molecule has 5 nitrogen and oxygen atoms in total. The number of pyridine rings is 1. The predicted molar refractivity (Wildman–Crippen MR) is 82.6 cm³/mol. The molecule has 0 spiro atoms. The van der Waals surface area contributed by atoms with Gasteiger partial charge in [0.15, 0.2) is 30.3 Å². The summed E-state index contributed by atoms with van der Waals surface area (Å²) in [6, 6.07) is 19.2. The molecular weight excluding hydrogens is 366 g/mol. The molecule has 3 aromatic rings. The van der Waals surface area contributed by atoms with Crippen LogP contribution in [0.15, 0.2) is 60.9 Å². The number of hydrogen-bond donors (Lipinski definition) is 0. The van der Waals surface area contributed by atoms with Gasteiger partial charge in [-0.15, -0.1) is 0 Å². The van der Waals surface area contributed by atoms with E-state index in [1.807, 2.05) is 77.6 Å². The van der Waals surface area contributed by atoms with E-state index >= 15 is 0 Å². The van der Waals surface area contributed by atoms with Gasteiger partial charge in [-0.1, -0.05) is 36.4 Å². The van der Waals surface area contributed by atoms with Crippen LogP contribution in [0.3, 0.4) is 0 Å². The van der Waals surface area contributed by atoms with Crippen LogP contribution in [0, 0.1) is 22.7 Å². The Bertz CT molecular complexity index is 912. The van der Waals surface area contributed by atoms with Crippen molar-refractivity contribution in [2.24, 2.45) is 0 Å². The molecule has 1 aromatic carbocycles. The van der Waals surface area contributed by atoms with Gasteiger partial charge in [0.05, 0.1) is 5.69 Å². The van der Waals surface area contributed by atoms with Crippen LogP contribution < -0.4 is 21.5 Å². The van der Waals surface area contributed by atoms with Crippen LogP contribution in [-0.4, -0.2) is 9.97 Å². The zero-order chi connectivity index (χ0) is 16.1. The van der Waals surface area contributed by atoms with Crippen LogP contribution in [0.25, 0.3) is 11.3 Å². The van der Waals surface area contributed by atoms with Crippen molar-refractivity contribution in [3.8, 4) is 23.4 Å². The largest absolute Gasteiger partial charge is 1.00 e. The number of nitrogens with zero attached hydrogens (tertiary/aromatic N) is 5. The lowest BCUT2D eigenvalue weighted by atomic mass is 10.1. The summed E-state index contributed by atoms with van der Waals surface area (Å²) in [5.74, 6) is 0. The molecule has 0 aliphatic carbocycles. The summed E-state index contributed by atoms with van der Waals surface area (Å²) < 4.78 is 1.95. The molecule has 0 bridgehead atoms. The average molecular weight is 378 g/mol. The first-order chi connectivity index (χ1) is 11.3. The number of hydrogen-bond acceptors (Lipinski definition) is 4. The first kappa shape index (κ1) is 17.3. The molecule has 116 valence electrons. The number of aromatic nitrogens is 3. The van der Waals surface area contributed by atoms with Gasteiger partial charge >= 0.3 is 0 Å². The first-order valence-electron chi connectivity index (χ1n) is 7.02. The molecule has 0 aliphatic heterocycles. The summed E-state index contributed by atoms with van der Waals surface area (Å²) in [5, 5.41) is 18.4. The Kier molecular flexibility index (Phi) is 5.73. The molecule has 0 N–H and O–H groups in total. The van der Waals surface area contributed by atoms with Gasteiger partial charge in [-0.2, -0.15) is 15.1 Å². The highest BCUT2D eigenvalue weighted by molar-refractivity contribution is 5.62. The van der Waals surface area contributed by atoms with Crippen molar-refractivity contribution in [1.82, 2.24) is 9.97 Å². The van der Waals surface area contributed by atoms with Crippen LogP contribution >= 0.6 is 0 Å². The van der Waals surface area contributed by atoms with Gasteiger partial charge in [0.25, 0.3) is 0 Å².